The summed E-state index contributed by atoms with van der Waals surface area (Å²) in [5, 5.41) is 16.1. The van der Waals surface area contributed by atoms with Crippen molar-refractivity contribution in [3.8, 4) is 0 Å². The zero-order valence-corrected chi connectivity index (χ0v) is 31.3. The molecule has 2 unspecified atom stereocenters. The van der Waals surface area contributed by atoms with Crippen molar-refractivity contribution in [3.05, 3.63) is 117 Å². The quantitative estimate of drug-likeness (QED) is 0.0644. The summed E-state index contributed by atoms with van der Waals surface area (Å²) in [5.41, 5.74) is -1.03. The van der Waals surface area contributed by atoms with Crippen LogP contribution in [-0.2, 0) is 59.4 Å². The number of hydrogen-bond acceptors (Lipinski definition) is 14. The fraction of sp³-hybridized carbons (Fsp3) is 0.382. The molecule has 2 N–H and O–H groups in total. The molecule has 1 fully saturated rings. The van der Waals surface area contributed by atoms with E-state index < -0.39 is 79.7 Å². The number of nitrogens with zero attached hydrogens (tertiary/aromatic N) is 5. The van der Waals surface area contributed by atoms with Crippen molar-refractivity contribution in [1.29, 1.82) is 0 Å². The van der Waals surface area contributed by atoms with Gasteiger partial charge in [0.2, 0.25) is 12.3 Å². The number of aromatic nitrogens is 4. The van der Waals surface area contributed by atoms with Crippen molar-refractivity contribution in [3.63, 3.8) is 0 Å². The number of amides is 1. The summed E-state index contributed by atoms with van der Waals surface area (Å²) < 4.78 is 80.1. The van der Waals surface area contributed by atoms with Crippen LogP contribution >= 0.6 is 7.75 Å². The molecule has 1 aliphatic heterocycles. The van der Waals surface area contributed by atoms with Gasteiger partial charge in [-0.3, -0.25) is 18.9 Å². The highest BCUT2D eigenvalue weighted by atomic mass is 31.2. The number of hydrogen-bond donors (Lipinski definition) is 2. The molecule has 2 aromatic heterocycles. The van der Waals surface area contributed by atoms with Crippen molar-refractivity contribution >= 4 is 31.8 Å². The van der Waals surface area contributed by atoms with Crippen LogP contribution in [0.4, 0.5) is 30.1 Å². The van der Waals surface area contributed by atoms with Crippen LogP contribution in [0.5, 0.6) is 0 Å². The Morgan fingerprint density at radius 2 is 1.70 bits per heavy atom. The Hall–Kier alpha value is -5.60. The second-order valence-electron chi connectivity index (χ2n) is 13.1. The average Bonchev–Trinajstić information content (AvgIpc) is 3.63. The Balaban J connectivity index is 1.36. The van der Waals surface area contributed by atoms with Crippen LogP contribution in [0, 0.1) is 10.1 Å². The maximum absolute atomic E-state index is 16.3. The van der Waals surface area contributed by atoms with Crippen LogP contribution in [0.1, 0.15) is 43.8 Å². The average molecular weight is 806 g/mol. The van der Waals surface area contributed by atoms with Gasteiger partial charge in [-0.1, -0.05) is 65.6 Å². The predicted octanol–water partition coefficient (Wildman–Crippen LogP) is 5.62. The SMILES string of the molecule is Cn1c(COP(=O)(NCc2ccccc2)OC[C@H]2OC(n3ccc(NC(=O)OCc4ccccc4)nc3=O)C(F)(F)[C@@H]2OC(=O)OC(C)(C)C)cnc1[N+](=O)[O-]. The third-order valence-electron chi connectivity index (χ3n) is 7.82. The lowest BCUT2D eigenvalue weighted by atomic mass is 10.1. The second kappa shape index (κ2) is 17.5. The molecule has 4 atom stereocenters. The molecule has 0 bridgehead atoms. The van der Waals surface area contributed by atoms with Crippen molar-refractivity contribution in [1.82, 2.24) is 24.2 Å². The molecule has 5 rings (SSSR count). The minimum Gasteiger partial charge on any atom is -0.444 e. The first-order chi connectivity index (χ1) is 26.4. The van der Waals surface area contributed by atoms with Crippen molar-refractivity contribution in [2.45, 2.75) is 70.5 Å². The Morgan fingerprint density at radius 1 is 1.04 bits per heavy atom. The third-order valence-corrected chi connectivity index (χ3v) is 9.33. The molecule has 0 aliphatic carbocycles. The topological polar surface area (TPSA) is 226 Å². The monoisotopic (exact) mass is 805 g/mol. The highest BCUT2D eigenvalue weighted by molar-refractivity contribution is 7.51. The van der Waals surface area contributed by atoms with E-state index in [2.05, 4.69) is 20.4 Å². The summed E-state index contributed by atoms with van der Waals surface area (Å²) in [6.07, 6.45) is -7.34. The minimum atomic E-state index is -4.51. The van der Waals surface area contributed by atoms with Gasteiger partial charge in [-0.25, -0.2) is 28.6 Å². The van der Waals surface area contributed by atoms with Crippen molar-refractivity contribution in [2.75, 3.05) is 11.9 Å². The lowest BCUT2D eigenvalue weighted by Gasteiger charge is -2.26. The molecule has 22 heteroatoms. The first-order valence-electron chi connectivity index (χ1n) is 16.8. The largest absolute Gasteiger partial charge is 0.509 e. The molecule has 0 saturated carbocycles. The summed E-state index contributed by atoms with van der Waals surface area (Å²) in [4.78, 5) is 56.0. The van der Waals surface area contributed by atoms with Crippen LogP contribution in [0.2, 0.25) is 0 Å². The zero-order chi connectivity index (χ0) is 40.7. The molecule has 56 heavy (non-hydrogen) atoms. The van der Waals surface area contributed by atoms with E-state index in [0.717, 1.165) is 23.0 Å². The molecule has 0 radical (unpaired) electrons. The van der Waals surface area contributed by atoms with Gasteiger partial charge in [-0.05, 0) is 42.9 Å². The number of nitrogens with one attached hydrogen (secondary N) is 2. The van der Waals surface area contributed by atoms with Crippen LogP contribution in [0.25, 0.3) is 0 Å². The van der Waals surface area contributed by atoms with Gasteiger partial charge in [0.25, 0.3) is 0 Å². The Kier molecular flexibility index (Phi) is 13.0. The van der Waals surface area contributed by atoms with Gasteiger partial charge in [0.05, 0.1) is 13.7 Å². The molecular weight excluding hydrogens is 767 g/mol. The summed E-state index contributed by atoms with van der Waals surface area (Å²) in [5.74, 6) is -5.02. The van der Waals surface area contributed by atoms with E-state index >= 15 is 8.78 Å². The Labute approximate surface area is 317 Å². The number of nitro groups is 1. The number of anilines is 1. The third kappa shape index (κ3) is 10.8. The van der Waals surface area contributed by atoms with Gasteiger partial charge < -0.3 is 29.1 Å². The fourth-order valence-electron chi connectivity index (χ4n) is 5.12. The maximum Gasteiger partial charge on any atom is 0.509 e. The first-order valence-corrected chi connectivity index (χ1v) is 18.3. The number of ether oxygens (including phenoxy) is 4. The molecule has 2 aromatic carbocycles. The van der Waals surface area contributed by atoms with E-state index in [1.165, 1.54) is 27.8 Å². The van der Waals surface area contributed by atoms with Crippen LogP contribution in [0.15, 0.2) is 83.9 Å². The maximum atomic E-state index is 16.3. The zero-order valence-electron chi connectivity index (χ0n) is 30.4. The number of rotatable bonds is 15. The summed E-state index contributed by atoms with van der Waals surface area (Å²) >= 11 is 0. The van der Waals surface area contributed by atoms with E-state index in [9.17, 15) is 29.1 Å². The summed E-state index contributed by atoms with van der Waals surface area (Å²) in [6.45, 7) is 2.71. The van der Waals surface area contributed by atoms with E-state index in [1.54, 1.807) is 60.7 Å². The number of alkyl halides is 2. The molecule has 19 nitrogen and oxygen atoms in total. The second-order valence-corrected chi connectivity index (χ2v) is 15.0. The molecule has 4 aromatic rings. The smallest absolute Gasteiger partial charge is 0.444 e. The van der Waals surface area contributed by atoms with Gasteiger partial charge in [0.1, 0.15) is 42.6 Å². The van der Waals surface area contributed by atoms with Crippen LogP contribution in [0.3, 0.4) is 0 Å². The number of benzene rings is 2. The highest BCUT2D eigenvalue weighted by Gasteiger charge is 2.63. The van der Waals surface area contributed by atoms with E-state index in [-0.39, 0.29) is 24.7 Å². The summed E-state index contributed by atoms with van der Waals surface area (Å²) in [6, 6.07) is 18.3. The molecule has 0 spiro atoms. The van der Waals surface area contributed by atoms with Crippen LogP contribution < -0.4 is 16.1 Å². The fourth-order valence-corrected chi connectivity index (χ4v) is 6.40. The molecule has 3 heterocycles. The molecule has 1 aliphatic rings. The standard InChI is InChI=1S/C34H38F2N7O12P/c1-33(2,3)55-32(46)54-27-25(21-52-56(49,38-17-22-11-7-5-8-12-22)51-20-24-18-37-29(41(24)4)43(47)48)53-28(34(27,35)36)42-16-15-26(39-30(42)44)40-31(45)50-19-23-13-9-6-10-14-23/h5-16,18,25,27-28H,17,19-21H2,1-4H3,(H,38,49)(H,39,40,44,45)/t25-,27-,28?,56?/m1/s1. The number of halogens is 2. The predicted molar refractivity (Wildman–Crippen MR) is 190 cm³/mol. The van der Waals surface area contributed by atoms with Gasteiger partial charge in [0.15, 0.2) is 0 Å². The van der Waals surface area contributed by atoms with E-state index in [1.807, 2.05) is 0 Å². The lowest BCUT2D eigenvalue weighted by molar-refractivity contribution is -0.396. The number of imidazole rings is 1. The highest BCUT2D eigenvalue weighted by Crippen LogP contribution is 2.49. The van der Waals surface area contributed by atoms with Gasteiger partial charge in [0, 0.05) is 12.7 Å². The van der Waals surface area contributed by atoms with E-state index in [4.69, 9.17) is 28.0 Å². The normalized spacial score (nSPS) is 18.8. The first kappa shape index (κ1) is 41.6. The van der Waals surface area contributed by atoms with Gasteiger partial charge in [-0.2, -0.15) is 13.8 Å². The van der Waals surface area contributed by atoms with E-state index in [0.29, 0.717) is 15.7 Å². The van der Waals surface area contributed by atoms with Crippen molar-refractivity contribution < 1.29 is 55.9 Å². The number of carbonyl (C=O) groups excluding carboxylic acids is 2. The minimum absolute atomic E-state index is 0.0972. The lowest BCUT2D eigenvalue weighted by Crippen LogP contribution is -2.45. The molecule has 300 valence electrons. The molecular formula is C34H38F2N7O12P. The van der Waals surface area contributed by atoms with Gasteiger partial charge in [-0.15, -0.1) is 0 Å². The number of carbonyl (C=O) groups is 2. The Bertz CT molecular complexity index is 2120. The Morgan fingerprint density at radius 3 is 2.30 bits per heavy atom. The molecule has 1 saturated heterocycles. The van der Waals surface area contributed by atoms with Gasteiger partial charge >= 0.3 is 37.6 Å². The van der Waals surface area contributed by atoms with Crippen molar-refractivity contribution in [2.24, 2.45) is 7.05 Å². The molecule has 1 amide bonds. The summed E-state index contributed by atoms with van der Waals surface area (Å²) in [7, 11) is -3.18. The van der Waals surface area contributed by atoms with Crippen LogP contribution in [-0.4, -0.2) is 66.6 Å².